The van der Waals surface area contributed by atoms with Crippen LogP contribution in [0.2, 0.25) is 5.02 Å². The van der Waals surface area contributed by atoms with Crippen LogP contribution in [0.3, 0.4) is 0 Å². The first-order valence-corrected chi connectivity index (χ1v) is 10.9. The molecule has 168 valence electrons. The van der Waals surface area contributed by atoms with Gasteiger partial charge in [0.15, 0.2) is 0 Å². The number of alkyl halides is 3. The normalized spacial score (nSPS) is 11.3. The molecular formula is C22H14ClF3IN5O. The zero-order chi connectivity index (χ0) is 23.6. The summed E-state index contributed by atoms with van der Waals surface area (Å²) in [4.78, 5) is 20.9. The molecule has 0 saturated heterocycles. The van der Waals surface area contributed by atoms with Gasteiger partial charge in [-0.2, -0.15) is 13.2 Å². The first-order chi connectivity index (χ1) is 15.7. The van der Waals surface area contributed by atoms with E-state index in [9.17, 15) is 18.0 Å². The van der Waals surface area contributed by atoms with E-state index in [0.29, 0.717) is 17.2 Å². The van der Waals surface area contributed by atoms with E-state index in [-0.39, 0.29) is 5.69 Å². The number of fused-ring (bicyclic) bond motifs is 1. The molecule has 33 heavy (non-hydrogen) atoms. The second kappa shape index (κ2) is 9.40. The van der Waals surface area contributed by atoms with E-state index in [2.05, 4.69) is 48.5 Å². The molecule has 0 saturated carbocycles. The summed E-state index contributed by atoms with van der Waals surface area (Å²) in [6.07, 6.45) is -3.18. The van der Waals surface area contributed by atoms with Gasteiger partial charge in [0.05, 0.1) is 16.1 Å². The summed E-state index contributed by atoms with van der Waals surface area (Å²) >= 11 is 7.81. The van der Waals surface area contributed by atoms with Gasteiger partial charge in [-0.05, 0) is 77.2 Å². The average molecular weight is 584 g/mol. The number of hydrogen-bond donors (Lipinski definition) is 3. The third-order valence-corrected chi connectivity index (χ3v) is 5.51. The van der Waals surface area contributed by atoms with E-state index in [1.54, 1.807) is 24.3 Å². The highest BCUT2D eigenvalue weighted by Crippen LogP contribution is 2.36. The lowest BCUT2D eigenvalue weighted by Crippen LogP contribution is -2.20. The molecule has 0 aliphatic rings. The van der Waals surface area contributed by atoms with Gasteiger partial charge in [0.2, 0.25) is 0 Å². The van der Waals surface area contributed by atoms with Gasteiger partial charge in [-0.25, -0.2) is 14.8 Å². The Balaban J connectivity index is 1.49. The number of urea groups is 1. The van der Waals surface area contributed by atoms with Gasteiger partial charge in [0.1, 0.15) is 12.1 Å². The standard InChI is InChI=1S/C22H14ClF3IN5O/c23-18-6-5-15(10-17(18)22(24,25)26)32-21(33)31-14-3-1-2-13(9-14)30-20-16-8-12(27)4-7-19(16)28-11-29-20/h1-11H,(H,28,29,30)(H2,31,32,33). The minimum absolute atomic E-state index is 0.0411. The van der Waals surface area contributed by atoms with Crippen LogP contribution in [0.5, 0.6) is 0 Å². The van der Waals surface area contributed by atoms with Crippen LogP contribution in [0.15, 0.2) is 67.0 Å². The number of aromatic nitrogens is 2. The molecule has 0 aliphatic carbocycles. The molecule has 4 rings (SSSR count). The maximum atomic E-state index is 13.0. The Bertz CT molecular complexity index is 1350. The zero-order valence-corrected chi connectivity index (χ0v) is 19.5. The molecule has 1 heterocycles. The zero-order valence-electron chi connectivity index (χ0n) is 16.5. The van der Waals surface area contributed by atoms with Gasteiger partial charge in [0, 0.05) is 26.0 Å². The third kappa shape index (κ3) is 5.63. The molecule has 4 aromatic rings. The molecule has 6 nitrogen and oxygen atoms in total. The number of benzene rings is 3. The Morgan fingerprint density at radius 1 is 0.909 bits per heavy atom. The smallest absolute Gasteiger partial charge is 0.340 e. The Labute approximate surface area is 204 Å². The van der Waals surface area contributed by atoms with Crippen LogP contribution in [0, 0.1) is 3.57 Å². The van der Waals surface area contributed by atoms with Gasteiger partial charge in [0.25, 0.3) is 0 Å². The number of nitrogens with one attached hydrogen (secondary N) is 3. The van der Waals surface area contributed by atoms with Gasteiger partial charge < -0.3 is 16.0 Å². The lowest BCUT2D eigenvalue weighted by Gasteiger charge is -2.13. The van der Waals surface area contributed by atoms with Crippen LogP contribution in [0.4, 0.5) is 40.8 Å². The van der Waals surface area contributed by atoms with Crippen LogP contribution in [-0.2, 0) is 6.18 Å². The molecule has 0 unspecified atom stereocenters. The van der Waals surface area contributed by atoms with Gasteiger partial charge >= 0.3 is 12.2 Å². The fourth-order valence-electron chi connectivity index (χ4n) is 3.05. The van der Waals surface area contributed by atoms with E-state index in [1.807, 2.05) is 18.2 Å². The van der Waals surface area contributed by atoms with Crippen LogP contribution < -0.4 is 16.0 Å². The van der Waals surface area contributed by atoms with E-state index in [1.165, 1.54) is 12.4 Å². The minimum Gasteiger partial charge on any atom is -0.340 e. The molecule has 11 heteroatoms. The van der Waals surface area contributed by atoms with Crippen molar-refractivity contribution in [3.05, 3.63) is 81.1 Å². The number of rotatable bonds is 4. The molecule has 2 amide bonds. The Morgan fingerprint density at radius 2 is 1.64 bits per heavy atom. The average Bonchev–Trinajstić information content (AvgIpc) is 2.75. The summed E-state index contributed by atoms with van der Waals surface area (Å²) in [6.45, 7) is 0. The highest BCUT2D eigenvalue weighted by molar-refractivity contribution is 14.1. The van der Waals surface area contributed by atoms with Gasteiger partial charge in [-0.15, -0.1) is 0 Å². The molecule has 0 spiro atoms. The second-order valence-corrected chi connectivity index (χ2v) is 8.51. The molecule has 1 aromatic heterocycles. The quantitative estimate of drug-likeness (QED) is 0.221. The van der Waals surface area contributed by atoms with E-state index in [0.717, 1.165) is 26.6 Å². The topological polar surface area (TPSA) is 78.9 Å². The molecule has 0 radical (unpaired) electrons. The van der Waals surface area contributed by atoms with Crippen molar-refractivity contribution in [2.75, 3.05) is 16.0 Å². The van der Waals surface area contributed by atoms with E-state index >= 15 is 0 Å². The number of carbonyl (C=O) groups excluding carboxylic acids is 1. The number of carbonyl (C=O) groups is 1. The van der Waals surface area contributed by atoms with Crippen LogP contribution >= 0.6 is 34.2 Å². The van der Waals surface area contributed by atoms with Crippen molar-refractivity contribution in [1.29, 1.82) is 0 Å². The molecular weight excluding hydrogens is 570 g/mol. The summed E-state index contributed by atoms with van der Waals surface area (Å²) in [7, 11) is 0. The summed E-state index contributed by atoms with van der Waals surface area (Å²) in [5.41, 5.74) is 0.788. The number of halogens is 5. The number of hydrogen-bond acceptors (Lipinski definition) is 4. The first kappa shape index (κ1) is 23.1. The molecule has 0 bridgehead atoms. The van der Waals surface area contributed by atoms with Gasteiger partial charge in [-0.3, -0.25) is 0 Å². The Morgan fingerprint density at radius 3 is 2.39 bits per heavy atom. The monoisotopic (exact) mass is 583 g/mol. The fraction of sp³-hybridized carbons (Fsp3) is 0.0455. The predicted octanol–water partition coefficient (Wildman–Crippen LogP) is 7.29. The maximum absolute atomic E-state index is 13.0. The van der Waals surface area contributed by atoms with Crippen molar-refractivity contribution in [3.63, 3.8) is 0 Å². The lowest BCUT2D eigenvalue weighted by molar-refractivity contribution is -0.137. The van der Waals surface area contributed by atoms with Crippen LogP contribution in [0.1, 0.15) is 5.56 Å². The van der Waals surface area contributed by atoms with Crippen molar-refractivity contribution in [2.45, 2.75) is 6.18 Å². The lowest BCUT2D eigenvalue weighted by atomic mass is 10.2. The third-order valence-electron chi connectivity index (χ3n) is 4.51. The summed E-state index contributed by atoms with van der Waals surface area (Å²) in [6, 6.07) is 15.1. The number of amides is 2. The van der Waals surface area contributed by atoms with E-state index < -0.39 is 22.8 Å². The Hall–Kier alpha value is -3.12. The molecule has 3 N–H and O–H groups in total. The summed E-state index contributed by atoms with van der Waals surface area (Å²) in [5.74, 6) is 0.598. The molecule has 3 aromatic carbocycles. The van der Waals surface area contributed by atoms with Gasteiger partial charge in [-0.1, -0.05) is 17.7 Å². The SMILES string of the molecule is O=C(Nc1cccc(Nc2ncnc3ccc(I)cc23)c1)Nc1ccc(Cl)c(C(F)(F)F)c1. The minimum atomic E-state index is -4.63. The summed E-state index contributed by atoms with van der Waals surface area (Å²) in [5, 5.41) is 8.57. The first-order valence-electron chi connectivity index (χ1n) is 9.41. The second-order valence-electron chi connectivity index (χ2n) is 6.86. The highest BCUT2D eigenvalue weighted by atomic mass is 127. The van der Waals surface area contributed by atoms with Crippen molar-refractivity contribution in [1.82, 2.24) is 9.97 Å². The van der Waals surface area contributed by atoms with Crippen molar-refractivity contribution in [2.24, 2.45) is 0 Å². The molecule has 0 atom stereocenters. The molecule has 0 aliphatic heterocycles. The highest BCUT2D eigenvalue weighted by Gasteiger charge is 2.33. The van der Waals surface area contributed by atoms with Crippen molar-refractivity contribution >= 4 is 74.0 Å². The number of anilines is 4. The molecule has 0 fully saturated rings. The largest absolute Gasteiger partial charge is 0.417 e. The number of nitrogens with zero attached hydrogens (tertiary/aromatic N) is 2. The van der Waals surface area contributed by atoms with Crippen molar-refractivity contribution < 1.29 is 18.0 Å². The van der Waals surface area contributed by atoms with E-state index in [4.69, 9.17) is 11.6 Å². The maximum Gasteiger partial charge on any atom is 0.417 e. The predicted molar refractivity (Wildman–Crippen MR) is 131 cm³/mol. The van der Waals surface area contributed by atoms with Crippen LogP contribution in [-0.4, -0.2) is 16.0 Å². The summed E-state index contributed by atoms with van der Waals surface area (Å²) < 4.78 is 40.1. The fourth-order valence-corrected chi connectivity index (χ4v) is 3.77. The Kier molecular flexibility index (Phi) is 6.56. The van der Waals surface area contributed by atoms with Crippen LogP contribution in [0.25, 0.3) is 10.9 Å². The van der Waals surface area contributed by atoms with Crippen molar-refractivity contribution in [3.8, 4) is 0 Å².